The van der Waals surface area contributed by atoms with Gasteiger partial charge < -0.3 is 14.8 Å². The molecular weight excluding hydrogens is 383 g/mol. The van der Waals surface area contributed by atoms with E-state index in [4.69, 9.17) is 0 Å². The summed E-state index contributed by atoms with van der Waals surface area (Å²) in [7, 11) is 1.81. The number of rotatable bonds is 5. The first-order chi connectivity index (χ1) is 14.5. The SMILES string of the molecule is CC(=O)C(=O)c1c(-c2ccc(F)cc2)c(-c2ccncc2)c(N2CCNCC2)n1C. The number of aromatic nitrogens is 2. The second kappa shape index (κ2) is 8.20. The molecule has 0 radical (unpaired) electrons. The second-order valence-corrected chi connectivity index (χ2v) is 7.35. The van der Waals surface area contributed by atoms with Crippen molar-refractivity contribution in [2.24, 2.45) is 7.05 Å². The van der Waals surface area contributed by atoms with Crippen LogP contribution < -0.4 is 10.2 Å². The molecule has 1 N–H and O–H groups in total. The van der Waals surface area contributed by atoms with Crippen LogP contribution in [0.25, 0.3) is 22.3 Å². The van der Waals surface area contributed by atoms with Crippen molar-refractivity contribution in [3.63, 3.8) is 0 Å². The van der Waals surface area contributed by atoms with E-state index in [1.54, 1.807) is 24.5 Å². The third-order valence-electron chi connectivity index (χ3n) is 5.42. The summed E-state index contributed by atoms with van der Waals surface area (Å²) < 4.78 is 15.4. The topological polar surface area (TPSA) is 67.2 Å². The molecule has 0 unspecified atom stereocenters. The Kier molecular flexibility index (Phi) is 5.46. The van der Waals surface area contributed by atoms with Gasteiger partial charge in [0.2, 0.25) is 11.6 Å². The molecule has 4 rings (SSSR count). The summed E-state index contributed by atoms with van der Waals surface area (Å²) in [4.78, 5) is 31.5. The Morgan fingerprint density at radius 1 is 0.967 bits per heavy atom. The molecule has 0 bridgehead atoms. The Morgan fingerprint density at radius 3 is 2.17 bits per heavy atom. The molecular formula is C23H23FN4O2. The molecule has 1 aliphatic rings. The van der Waals surface area contributed by atoms with Crippen molar-refractivity contribution in [1.29, 1.82) is 0 Å². The Hall–Kier alpha value is -3.32. The quantitative estimate of drug-likeness (QED) is 0.521. The number of Topliss-reactive ketones (excluding diaryl/α,β-unsaturated/α-hetero) is 2. The molecule has 0 aliphatic carbocycles. The molecule has 3 aromatic rings. The van der Waals surface area contributed by atoms with Crippen LogP contribution >= 0.6 is 0 Å². The van der Waals surface area contributed by atoms with Crippen molar-refractivity contribution in [1.82, 2.24) is 14.9 Å². The van der Waals surface area contributed by atoms with Gasteiger partial charge in [-0.15, -0.1) is 0 Å². The van der Waals surface area contributed by atoms with Gasteiger partial charge in [-0.2, -0.15) is 0 Å². The van der Waals surface area contributed by atoms with Crippen molar-refractivity contribution >= 4 is 17.4 Å². The second-order valence-electron chi connectivity index (χ2n) is 7.35. The molecule has 1 aliphatic heterocycles. The van der Waals surface area contributed by atoms with Crippen LogP contribution in [0.1, 0.15) is 17.4 Å². The summed E-state index contributed by atoms with van der Waals surface area (Å²) >= 11 is 0. The summed E-state index contributed by atoms with van der Waals surface area (Å²) in [5.41, 5.74) is 3.37. The zero-order valence-corrected chi connectivity index (χ0v) is 17.0. The summed E-state index contributed by atoms with van der Waals surface area (Å²) in [6.07, 6.45) is 3.40. The number of ketones is 2. The zero-order valence-electron chi connectivity index (χ0n) is 17.0. The van der Waals surface area contributed by atoms with Gasteiger partial charge in [0.15, 0.2) is 0 Å². The predicted octanol–water partition coefficient (Wildman–Crippen LogP) is 3.07. The van der Waals surface area contributed by atoms with Crippen LogP contribution in [0.2, 0.25) is 0 Å². The first kappa shape index (κ1) is 20.0. The molecule has 154 valence electrons. The van der Waals surface area contributed by atoms with E-state index >= 15 is 0 Å². The fourth-order valence-electron chi connectivity index (χ4n) is 4.04. The number of hydrogen-bond donors (Lipinski definition) is 1. The Morgan fingerprint density at radius 2 is 1.57 bits per heavy atom. The van der Waals surface area contributed by atoms with E-state index < -0.39 is 11.6 Å². The highest BCUT2D eigenvalue weighted by Gasteiger charge is 2.31. The minimum atomic E-state index is -0.562. The Balaban J connectivity index is 2.08. The van der Waals surface area contributed by atoms with Gasteiger partial charge in [0.1, 0.15) is 17.3 Å². The largest absolute Gasteiger partial charge is 0.355 e. The number of piperazine rings is 1. The van der Waals surface area contributed by atoms with E-state index in [9.17, 15) is 14.0 Å². The molecule has 0 amide bonds. The minimum absolute atomic E-state index is 0.314. The van der Waals surface area contributed by atoms with E-state index in [-0.39, 0.29) is 5.82 Å². The first-order valence-corrected chi connectivity index (χ1v) is 9.89. The zero-order chi connectivity index (χ0) is 21.3. The molecule has 0 saturated carbocycles. The van der Waals surface area contributed by atoms with Gasteiger partial charge in [0.25, 0.3) is 0 Å². The van der Waals surface area contributed by atoms with Gasteiger partial charge in [0.05, 0.1) is 0 Å². The van der Waals surface area contributed by atoms with Gasteiger partial charge >= 0.3 is 0 Å². The van der Waals surface area contributed by atoms with Crippen LogP contribution in [0.4, 0.5) is 10.2 Å². The van der Waals surface area contributed by atoms with Crippen molar-refractivity contribution in [3.8, 4) is 22.3 Å². The van der Waals surface area contributed by atoms with Gasteiger partial charge in [-0.1, -0.05) is 12.1 Å². The molecule has 1 fully saturated rings. The van der Waals surface area contributed by atoms with Crippen LogP contribution in [0.3, 0.4) is 0 Å². The monoisotopic (exact) mass is 406 g/mol. The van der Waals surface area contributed by atoms with Crippen LogP contribution in [0, 0.1) is 5.82 Å². The highest BCUT2D eigenvalue weighted by atomic mass is 19.1. The average molecular weight is 406 g/mol. The molecule has 0 atom stereocenters. The first-order valence-electron chi connectivity index (χ1n) is 9.89. The van der Waals surface area contributed by atoms with Gasteiger partial charge in [0, 0.05) is 63.7 Å². The lowest BCUT2D eigenvalue weighted by atomic mass is 9.94. The van der Waals surface area contributed by atoms with E-state index in [0.717, 1.165) is 43.1 Å². The van der Waals surface area contributed by atoms with Crippen molar-refractivity contribution in [3.05, 3.63) is 60.3 Å². The molecule has 30 heavy (non-hydrogen) atoms. The van der Waals surface area contributed by atoms with Crippen LogP contribution in [-0.4, -0.2) is 47.3 Å². The number of nitrogens with zero attached hydrogens (tertiary/aromatic N) is 3. The summed E-state index contributed by atoms with van der Waals surface area (Å²) in [6, 6.07) is 9.80. The normalized spacial score (nSPS) is 14.0. The molecule has 7 heteroatoms. The minimum Gasteiger partial charge on any atom is -0.355 e. The number of hydrogen-bond acceptors (Lipinski definition) is 5. The number of anilines is 1. The summed E-state index contributed by atoms with van der Waals surface area (Å²) in [5.74, 6) is -0.589. The fourth-order valence-corrected chi connectivity index (χ4v) is 4.04. The molecule has 1 aromatic carbocycles. The number of benzene rings is 1. The third-order valence-corrected chi connectivity index (χ3v) is 5.42. The van der Waals surface area contributed by atoms with Crippen LogP contribution in [-0.2, 0) is 11.8 Å². The smallest absolute Gasteiger partial charge is 0.245 e. The molecule has 3 heterocycles. The summed E-state index contributed by atoms with van der Waals surface area (Å²) in [5, 5.41) is 3.34. The number of carbonyl (C=O) groups is 2. The number of pyridine rings is 1. The number of carbonyl (C=O) groups excluding carboxylic acids is 2. The van der Waals surface area contributed by atoms with Crippen LogP contribution in [0.5, 0.6) is 0 Å². The Labute approximate surface area is 174 Å². The predicted molar refractivity (Wildman–Crippen MR) is 114 cm³/mol. The molecule has 0 spiro atoms. The molecule has 2 aromatic heterocycles. The lowest BCUT2D eigenvalue weighted by Gasteiger charge is -2.31. The average Bonchev–Trinajstić information content (AvgIpc) is 3.07. The van der Waals surface area contributed by atoms with Crippen molar-refractivity contribution in [2.45, 2.75) is 6.92 Å². The fraction of sp³-hybridized carbons (Fsp3) is 0.261. The lowest BCUT2D eigenvalue weighted by molar-refractivity contribution is -0.113. The number of nitrogens with one attached hydrogen (secondary N) is 1. The van der Waals surface area contributed by atoms with Crippen molar-refractivity contribution in [2.75, 3.05) is 31.1 Å². The highest BCUT2D eigenvalue weighted by Crippen LogP contribution is 2.44. The highest BCUT2D eigenvalue weighted by molar-refractivity contribution is 6.44. The molecule has 6 nitrogen and oxygen atoms in total. The number of halogens is 1. The lowest BCUT2D eigenvalue weighted by Crippen LogP contribution is -2.44. The maximum Gasteiger partial charge on any atom is 0.245 e. The standard InChI is InChI=1S/C23H23FN4O2/c1-15(29)22(30)21-19(16-3-5-18(24)6-4-16)20(17-7-9-25-10-8-17)23(27(21)2)28-13-11-26-12-14-28/h3-10,26H,11-14H2,1-2H3. The van der Waals surface area contributed by atoms with Gasteiger partial charge in [-0.25, -0.2) is 4.39 Å². The summed E-state index contributed by atoms with van der Waals surface area (Å²) in [6.45, 7) is 4.46. The van der Waals surface area contributed by atoms with Crippen LogP contribution in [0.15, 0.2) is 48.8 Å². The maximum absolute atomic E-state index is 13.6. The van der Waals surface area contributed by atoms with Gasteiger partial charge in [-0.3, -0.25) is 14.6 Å². The van der Waals surface area contributed by atoms with Gasteiger partial charge in [-0.05, 0) is 35.4 Å². The Bertz CT molecular complexity index is 1080. The maximum atomic E-state index is 13.6. The van der Waals surface area contributed by atoms with E-state index in [1.165, 1.54) is 19.1 Å². The third kappa shape index (κ3) is 3.52. The van der Waals surface area contributed by atoms with E-state index in [2.05, 4.69) is 15.2 Å². The van der Waals surface area contributed by atoms with E-state index in [0.29, 0.717) is 16.8 Å². The molecule has 1 saturated heterocycles. The van der Waals surface area contributed by atoms with Crippen molar-refractivity contribution < 1.29 is 14.0 Å². The van der Waals surface area contributed by atoms with E-state index in [1.807, 2.05) is 23.7 Å².